The fourth-order valence-corrected chi connectivity index (χ4v) is 4.04. The van der Waals surface area contributed by atoms with Gasteiger partial charge in [-0.25, -0.2) is 0 Å². The molecule has 2 aromatic carbocycles. The zero-order chi connectivity index (χ0) is 19.9. The highest BCUT2D eigenvalue weighted by atomic mass is 16.4. The Morgan fingerprint density at radius 1 is 0.679 bits per heavy atom. The van der Waals surface area contributed by atoms with E-state index in [2.05, 4.69) is 10.6 Å². The van der Waals surface area contributed by atoms with Crippen LogP contribution in [-0.2, 0) is 9.59 Å². The number of carboxylic acid groups (broad SMARTS) is 2. The molecule has 0 spiro atoms. The Labute approximate surface area is 164 Å². The summed E-state index contributed by atoms with van der Waals surface area (Å²) in [6.45, 7) is 1.58. The third kappa shape index (κ3) is 4.77. The van der Waals surface area contributed by atoms with E-state index >= 15 is 0 Å². The van der Waals surface area contributed by atoms with Crippen molar-refractivity contribution in [3.8, 4) is 0 Å². The zero-order valence-electron chi connectivity index (χ0n) is 15.6. The molecule has 6 nitrogen and oxygen atoms in total. The Hall–Kier alpha value is -2.70. The van der Waals surface area contributed by atoms with Gasteiger partial charge in [-0.3, -0.25) is 9.59 Å². The minimum absolute atomic E-state index is 0.119. The molecule has 6 heteroatoms. The maximum absolute atomic E-state index is 10.9. The summed E-state index contributed by atoms with van der Waals surface area (Å²) in [7, 11) is 0. The third-order valence-corrected chi connectivity index (χ3v) is 5.43. The van der Waals surface area contributed by atoms with Gasteiger partial charge >= 0.3 is 11.9 Å². The van der Waals surface area contributed by atoms with Crippen LogP contribution in [0.2, 0.25) is 0 Å². The Kier molecular flexibility index (Phi) is 6.79. The molecule has 0 unspecified atom stereocenters. The van der Waals surface area contributed by atoms with Crippen LogP contribution in [0.5, 0.6) is 0 Å². The average Bonchev–Trinajstić information content (AvgIpc) is 3.40. The van der Waals surface area contributed by atoms with Gasteiger partial charge in [-0.15, -0.1) is 0 Å². The summed E-state index contributed by atoms with van der Waals surface area (Å²) in [6.07, 6.45) is 1.81. The first-order valence-corrected chi connectivity index (χ1v) is 9.60. The normalized spacial score (nSPS) is 26.3. The molecule has 4 N–H and O–H groups in total. The predicted octanol–water partition coefficient (Wildman–Crippen LogP) is 2.43. The largest absolute Gasteiger partial charge is 0.480 e. The minimum atomic E-state index is -0.753. The Balaban J connectivity index is 0.000000161. The molecular weight excluding hydrogens is 356 g/mol. The molecule has 2 saturated heterocycles. The fraction of sp³-hybridized carbons (Fsp3) is 0.364. The minimum Gasteiger partial charge on any atom is -0.480 e. The second-order valence-corrected chi connectivity index (χ2v) is 7.15. The molecule has 4 atom stereocenters. The number of hydrogen-bond donors (Lipinski definition) is 4. The monoisotopic (exact) mass is 382 g/mol. The lowest BCUT2D eigenvalue weighted by Gasteiger charge is -2.15. The van der Waals surface area contributed by atoms with Gasteiger partial charge in [-0.1, -0.05) is 60.7 Å². The maximum atomic E-state index is 10.9. The molecular formula is C22H26N2O4. The van der Waals surface area contributed by atoms with Gasteiger partial charge in [0.2, 0.25) is 0 Å². The molecule has 0 amide bonds. The van der Waals surface area contributed by atoms with Crippen molar-refractivity contribution in [1.29, 1.82) is 0 Å². The molecule has 2 aliphatic rings. The Morgan fingerprint density at radius 2 is 1.04 bits per heavy atom. The second kappa shape index (κ2) is 9.48. The van der Waals surface area contributed by atoms with Crippen LogP contribution in [0, 0.1) is 0 Å². The molecule has 2 aromatic rings. The van der Waals surface area contributed by atoms with E-state index in [-0.39, 0.29) is 11.8 Å². The van der Waals surface area contributed by atoms with E-state index in [9.17, 15) is 9.59 Å². The van der Waals surface area contributed by atoms with Crippen molar-refractivity contribution in [2.45, 2.75) is 36.8 Å². The first-order valence-electron chi connectivity index (χ1n) is 9.60. The van der Waals surface area contributed by atoms with E-state index in [4.69, 9.17) is 10.2 Å². The molecule has 0 aliphatic carbocycles. The van der Waals surface area contributed by atoms with Gasteiger partial charge in [0.15, 0.2) is 0 Å². The van der Waals surface area contributed by atoms with E-state index < -0.39 is 24.0 Å². The molecule has 2 heterocycles. The number of aliphatic carboxylic acids is 2. The number of carbonyl (C=O) groups is 2. The quantitative estimate of drug-likeness (QED) is 0.648. The van der Waals surface area contributed by atoms with Crippen LogP contribution in [0.1, 0.15) is 35.8 Å². The number of nitrogens with one attached hydrogen (secondary N) is 2. The number of benzene rings is 2. The molecule has 0 aromatic heterocycles. The van der Waals surface area contributed by atoms with Crippen molar-refractivity contribution in [3.63, 3.8) is 0 Å². The summed E-state index contributed by atoms with van der Waals surface area (Å²) < 4.78 is 0. The summed E-state index contributed by atoms with van der Waals surface area (Å²) in [6, 6.07) is 18.8. The van der Waals surface area contributed by atoms with Crippen molar-refractivity contribution in [2.75, 3.05) is 13.1 Å². The molecule has 4 rings (SSSR count). The van der Waals surface area contributed by atoms with Gasteiger partial charge in [0.05, 0.1) is 0 Å². The molecule has 28 heavy (non-hydrogen) atoms. The molecule has 148 valence electrons. The summed E-state index contributed by atoms with van der Waals surface area (Å²) in [4.78, 5) is 21.8. The van der Waals surface area contributed by atoms with Crippen LogP contribution in [0.15, 0.2) is 60.7 Å². The highest BCUT2D eigenvalue weighted by Crippen LogP contribution is 2.28. The lowest BCUT2D eigenvalue weighted by atomic mass is 9.92. The standard InChI is InChI=1S/2C11H13NO2/c2*13-11(14)10-9(6-7-12-10)8-4-2-1-3-5-8/h2*1-5,9-10,12H,6-7H2,(H,13,14)/t2*9-,10+/m10/s1. The average molecular weight is 382 g/mol. The zero-order valence-corrected chi connectivity index (χ0v) is 15.6. The van der Waals surface area contributed by atoms with Gasteiger partial charge in [0.1, 0.15) is 12.1 Å². The Morgan fingerprint density at radius 3 is 1.36 bits per heavy atom. The first kappa shape index (κ1) is 20.0. The van der Waals surface area contributed by atoms with E-state index in [0.29, 0.717) is 0 Å². The summed E-state index contributed by atoms with van der Waals surface area (Å²) in [5.74, 6) is -1.27. The smallest absolute Gasteiger partial charge is 0.321 e. The van der Waals surface area contributed by atoms with Crippen molar-refractivity contribution in [2.24, 2.45) is 0 Å². The predicted molar refractivity (Wildman–Crippen MR) is 106 cm³/mol. The lowest BCUT2D eigenvalue weighted by molar-refractivity contribution is -0.140. The first-order chi connectivity index (χ1) is 13.6. The highest BCUT2D eigenvalue weighted by Gasteiger charge is 2.34. The summed E-state index contributed by atoms with van der Waals surface area (Å²) in [5, 5.41) is 24.0. The molecule has 2 aliphatic heterocycles. The highest BCUT2D eigenvalue weighted by molar-refractivity contribution is 5.76. The van der Waals surface area contributed by atoms with Crippen molar-refractivity contribution >= 4 is 11.9 Å². The topological polar surface area (TPSA) is 98.7 Å². The van der Waals surface area contributed by atoms with E-state index in [1.165, 1.54) is 0 Å². The lowest BCUT2D eigenvalue weighted by Crippen LogP contribution is -2.34. The molecule has 0 bridgehead atoms. The number of carboxylic acids is 2. The van der Waals surface area contributed by atoms with Crippen molar-refractivity contribution in [1.82, 2.24) is 10.6 Å². The van der Waals surface area contributed by atoms with Crippen LogP contribution in [-0.4, -0.2) is 47.3 Å². The Bertz CT molecular complexity index is 714. The van der Waals surface area contributed by atoms with Crippen molar-refractivity contribution in [3.05, 3.63) is 71.8 Å². The molecule has 2 fully saturated rings. The SMILES string of the molecule is O=C(O)[C@@H]1NCC[C@H]1c1ccccc1.O=C(O)[C@H]1NCC[C@@H]1c1ccccc1. The number of hydrogen-bond acceptors (Lipinski definition) is 4. The molecule has 0 radical (unpaired) electrons. The van der Waals surface area contributed by atoms with Gasteiger partial charge < -0.3 is 20.8 Å². The van der Waals surface area contributed by atoms with Crippen LogP contribution < -0.4 is 10.6 Å². The summed E-state index contributed by atoms with van der Waals surface area (Å²) >= 11 is 0. The van der Waals surface area contributed by atoms with E-state index in [1.54, 1.807) is 0 Å². The van der Waals surface area contributed by atoms with Gasteiger partial charge in [0.25, 0.3) is 0 Å². The van der Waals surface area contributed by atoms with Crippen molar-refractivity contribution < 1.29 is 19.8 Å². The maximum Gasteiger partial charge on any atom is 0.321 e. The van der Waals surface area contributed by atoms with Crippen LogP contribution in [0.25, 0.3) is 0 Å². The second-order valence-electron chi connectivity index (χ2n) is 7.15. The third-order valence-electron chi connectivity index (χ3n) is 5.43. The van der Waals surface area contributed by atoms with Gasteiger partial charge in [-0.05, 0) is 37.1 Å². The van der Waals surface area contributed by atoms with Crippen LogP contribution >= 0.6 is 0 Å². The summed E-state index contributed by atoms with van der Waals surface area (Å²) in [5.41, 5.74) is 2.23. The van der Waals surface area contributed by atoms with Crippen LogP contribution in [0.3, 0.4) is 0 Å². The fourth-order valence-electron chi connectivity index (χ4n) is 4.04. The van der Waals surface area contributed by atoms with Gasteiger partial charge in [0, 0.05) is 11.8 Å². The van der Waals surface area contributed by atoms with Crippen LogP contribution in [0.4, 0.5) is 0 Å². The van der Waals surface area contributed by atoms with Gasteiger partial charge in [-0.2, -0.15) is 0 Å². The van der Waals surface area contributed by atoms with E-state index in [1.807, 2.05) is 60.7 Å². The molecule has 0 saturated carbocycles. The number of rotatable bonds is 4. The van der Waals surface area contributed by atoms with E-state index in [0.717, 1.165) is 37.1 Å².